The van der Waals surface area contributed by atoms with E-state index in [9.17, 15) is 9.18 Å². The van der Waals surface area contributed by atoms with Gasteiger partial charge >= 0.3 is 0 Å². The first-order valence-corrected chi connectivity index (χ1v) is 14.1. The minimum absolute atomic E-state index is 0.112. The predicted octanol–water partition coefficient (Wildman–Crippen LogP) is 6.03. The fourth-order valence-electron chi connectivity index (χ4n) is 5.28. The number of hydrogen-bond donors (Lipinski definition) is 2. The molecule has 3 aromatic heterocycles. The summed E-state index contributed by atoms with van der Waals surface area (Å²) in [6.07, 6.45) is 10.0. The summed E-state index contributed by atoms with van der Waals surface area (Å²) in [5.41, 5.74) is 3.10. The summed E-state index contributed by atoms with van der Waals surface area (Å²) >= 11 is 0. The molecule has 11 nitrogen and oxygen atoms in total. The van der Waals surface area contributed by atoms with Crippen molar-refractivity contribution in [3.05, 3.63) is 78.8 Å². The van der Waals surface area contributed by atoms with Crippen LogP contribution in [0.15, 0.2) is 73.2 Å². The molecule has 226 valence electrons. The highest BCUT2D eigenvalue weighted by atomic mass is 19.1. The molecule has 0 aliphatic carbocycles. The molecule has 1 amide bonds. The largest absolute Gasteiger partial charge is 0.494 e. The van der Waals surface area contributed by atoms with E-state index in [0.29, 0.717) is 45.4 Å². The van der Waals surface area contributed by atoms with Crippen LogP contribution in [-0.4, -0.2) is 64.0 Å². The number of likely N-dealkylation sites (tertiary alicyclic amines) is 1. The van der Waals surface area contributed by atoms with Crippen LogP contribution in [0, 0.1) is 6.92 Å². The Morgan fingerprint density at radius 3 is 2.61 bits per heavy atom. The number of benzene rings is 2. The van der Waals surface area contributed by atoms with Gasteiger partial charge in [0.15, 0.2) is 5.83 Å². The number of halogens is 1. The lowest BCUT2D eigenvalue weighted by molar-refractivity contribution is -0.114. The molecule has 2 aromatic carbocycles. The number of carbonyl (C=O) groups excluding carboxylic acids is 1. The summed E-state index contributed by atoms with van der Waals surface area (Å²) in [5, 5.41) is 6.55. The van der Waals surface area contributed by atoms with Gasteiger partial charge in [-0.15, -0.1) is 0 Å². The summed E-state index contributed by atoms with van der Waals surface area (Å²) in [5.74, 6) is 0.865. The molecule has 1 aliphatic rings. The maximum absolute atomic E-state index is 14.9. The smallest absolute Gasteiger partial charge is 0.284 e. The van der Waals surface area contributed by atoms with Gasteiger partial charge in [-0.25, -0.2) is 19.3 Å². The standard InChI is InChI=1S/C32H32FN7O4/c1-19-12-25(29(43-4)17-27(19)44-21-7-10-40-11-8-34-30(40)14-21)37-31-22-15-26(28(42-3)16-24(22)35-18-36-31)38-32(41)23(33)13-20-6-5-9-39(20)2/h7-8,10-18,20H,5-6,9H2,1-4H3,(H,38,41)(H,35,36,37). The molecule has 1 saturated heterocycles. The number of carbonyl (C=O) groups is 1. The number of aryl methyl sites for hydroxylation is 1. The molecule has 1 unspecified atom stereocenters. The minimum Gasteiger partial charge on any atom is -0.494 e. The SMILES string of the molecule is COc1cc2ncnc(Nc3cc(C)c(Oc4ccn5ccnc5c4)cc3OC)c2cc1NC(=O)C(F)=CC1CCCN1C. The molecule has 0 saturated carbocycles. The van der Waals surface area contributed by atoms with Gasteiger partial charge in [0.2, 0.25) is 0 Å². The summed E-state index contributed by atoms with van der Waals surface area (Å²) in [7, 11) is 4.96. The molecule has 1 fully saturated rings. The van der Waals surface area contributed by atoms with E-state index in [1.165, 1.54) is 19.5 Å². The number of hydrogen-bond acceptors (Lipinski definition) is 9. The molecule has 6 rings (SSSR count). The Morgan fingerprint density at radius 1 is 1.02 bits per heavy atom. The number of fused-ring (bicyclic) bond motifs is 2. The van der Waals surface area contributed by atoms with Crippen LogP contribution in [0.4, 0.5) is 21.6 Å². The number of likely N-dealkylation sites (N-methyl/N-ethyl adjacent to an activating group) is 1. The number of ether oxygens (including phenoxy) is 3. The van der Waals surface area contributed by atoms with Gasteiger partial charge in [0.05, 0.1) is 31.1 Å². The van der Waals surface area contributed by atoms with Crippen LogP contribution >= 0.6 is 0 Å². The van der Waals surface area contributed by atoms with E-state index in [4.69, 9.17) is 14.2 Å². The molecule has 5 aromatic rings. The van der Waals surface area contributed by atoms with E-state index in [0.717, 1.165) is 30.6 Å². The Hall–Kier alpha value is -5.23. The highest BCUT2D eigenvalue weighted by Crippen LogP contribution is 2.39. The summed E-state index contributed by atoms with van der Waals surface area (Å²) in [4.78, 5) is 28.0. The van der Waals surface area contributed by atoms with Crippen LogP contribution in [-0.2, 0) is 4.79 Å². The number of pyridine rings is 1. The summed E-state index contributed by atoms with van der Waals surface area (Å²) in [6, 6.07) is 10.6. The Balaban J connectivity index is 1.28. The topological polar surface area (TPSA) is 115 Å². The molecule has 0 radical (unpaired) electrons. The van der Waals surface area contributed by atoms with Gasteiger partial charge in [-0.3, -0.25) is 9.69 Å². The lowest BCUT2D eigenvalue weighted by atomic mass is 10.1. The lowest BCUT2D eigenvalue weighted by Crippen LogP contribution is -2.24. The van der Waals surface area contributed by atoms with Gasteiger partial charge in [-0.05, 0) is 63.2 Å². The number of nitrogens with one attached hydrogen (secondary N) is 2. The average Bonchev–Trinajstić information content (AvgIpc) is 3.66. The number of nitrogens with zero attached hydrogens (tertiary/aromatic N) is 5. The molecule has 0 spiro atoms. The van der Waals surface area contributed by atoms with Crippen molar-refractivity contribution in [2.45, 2.75) is 25.8 Å². The van der Waals surface area contributed by atoms with Crippen molar-refractivity contribution in [1.29, 1.82) is 0 Å². The van der Waals surface area contributed by atoms with Gasteiger partial charge in [-0.1, -0.05) is 0 Å². The monoisotopic (exact) mass is 597 g/mol. The van der Waals surface area contributed by atoms with Crippen LogP contribution in [0.1, 0.15) is 18.4 Å². The first-order chi connectivity index (χ1) is 21.3. The second-order valence-corrected chi connectivity index (χ2v) is 10.6. The number of rotatable bonds is 9. The third-order valence-corrected chi connectivity index (χ3v) is 7.68. The number of methoxy groups -OCH3 is 2. The fourth-order valence-corrected chi connectivity index (χ4v) is 5.28. The second kappa shape index (κ2) is 12.2. The zero-order valence-corrected chi connectivity index (χ0v) is 24.8. The molecule has 1 aliphatic heterocycles. The first-order valence-electron chi connectivity index (χ1n) is 14.1. The van der Waals surface area contributed by atoms with Gasteiger partial charge in [0, 0.05) is 48.2 Å². The van der Waals surface area contributed by atoms with E-state index < -0.39 is 11.7 Å². The Bertz CT molecular complexity index is 1890. The average molecular weight is 598 g/mol. The van der Waals surface area contributed by atoms with E-state index in [1.807, 2.05) is 53.9 Å². The van der Waals surface area contributed by atoms with Gasteiger partial charge in [-0.2, -0.15) is 0 Å². The predicted molar refractivity (Wildman–Crippen MR) is 166 cm³/mol. The van der Waals surface area contributed by atoms with E-state index in [-0.39, 0.29) is 11.7 Å². The van der Waals surface area contributed by atoms with Crippen molar-refractivity contribution in [1.82, 2.24) is 24.3 Å². The Kier molecular flexibility index (Phi) is 7.99. The fraction of sp³-hybridized carbons (Fsp3) is 0.250. The molecule has 4 heterocycles. The summed E-state index contributed by atoms with van der Waals surface area (Å²) in [6.45, 7) is 2.79. The van der Waals surface area contributed by atoms with Crippen LogP contribution in [0.25, 0.3) is 16.6 Å². The highest BCUT2D eigenvalue weighted by Gasteiger charge is 2.22. The minimum atomic E-state index is -0.853. The van der Waals surface area contributed by atoms with Gasteiger partial charge in [0.1, 0.15) is 40.8 Å². The Labute approximate surface area is 253 Å². The maximum Gasteiger partial charge on any atom is 0.284 e. The van der Waals surface area contributed by atoms with Crippen molar-refractivity contribution in [2.24, 2.45) is 0 Å². The summed E-state index contributed by atoms with van der Waals surface area (Å²) < 4.78 is 34.1. The highest BCUT2D eigenvalue weighted by molar-refractivity contribution is 6.05. The lowest BCUT2D eigenvalue weighted by Gasteiger charge is -2.17. The first kappa shape index (κ1) is 28.9. The van der Waals surface area contributed by atoms with Crippen molar-refractivity contribution in [2.75, 3.05) is 38.4 Å². The zero-order chi connectivity index (χ0) is 30.8. The molecule has 12 heteroatoms. The van der Waals surface area contributed by atoms with Gasteiger partial charge < -0.3 is 29.2 Å². The number of amides is 1. The van der Waals surface area contributed by atoms with Crippen LogP contribution in [0.5, 0.6) is 23.0 Å². The second-order valence-electron chi connectivity index (χ2n) is 10.6. The Morgan fingerprint density at radius 2 is 1.84 bits per heavy atom. The molecule has 44 heavy (non-hydrogen) atoms. The van der Waals surface area contributed by atoms with Crippen LogP contribution in [0.2, 0.25) is 0 Å². The third kappa shape index (κ3) is 5.84. The molecule has 1 atom stereocenters. The van der Waals surface area contributed by atoms with Crippen molar-refractivity contribution >= 4 is 39.6 Å². The van der Waals surface area contributed by atoms with Crippen molar-refractivity contribution in [3.8, 4) is 23.0 Å². The maximum atomic E-state index is 14.9. The number of anilines is 3. The normalized spacial score (nSPS) is 15.5. The quantitative estimate of drug-likeness (QED) is 0.197. The zero-order valence-electron chi connectivity index (χ0n) is 24.8. The van der Waals surface area contributed by atoms with Crippen LogP contribution in [0.3, 0.4) is 0 Å². The van der Waals surface area contributed by atoms with E-state index in [2.05, 4.69) is 25.6 Å². The molecular formula is C32H32FN7O4. The molecular weight excluding hydrogens is 565 g/mol. The van der Waals surface area contributed by atoms with Gasteiger partial charge in [0.25, 0.3) is 5.91 Å². The third-order valence-electron chi connectivity index (χ3n) is 7.68. The van der Waals surface area contributed by atoms with Crippen molar-refractivity contribution in [3.63, 3.8) is 0 Å². The molecule has 2 N–H and O–H groups in total. The molecule has 0 bridgehead atoms. The van der Waals surface area contributed by atoms with E-state index in [1.54, 1.807) is 31.5 Å². The van der Waals surface area contributed by atoms with E-state index >= 15 is 0 Å². The number of imidazole rings is 1. The number of aromatic nitrogens is 4. The van der Waals surface area contributed by atoms with Crippen LogP contribution < -0.4 is 24.8 Å². The van der Waals surface area contributed by atoms with Crippen molar-refractivity contribution < 1.29 is 23.4 Å².